The Hall–Kier alpha value is -3.73. The minimum atomic E-state index is -0.684. The van der Waals surface area contributed by atoms with Gasteiger partial charge < -0.3 is 9.84 Å². The zero-order valence-electron chi connectivity index (χ0n) is 19.0. The topological polar surface area (TPSA) is 125 Å². The fourth-order valence-electron chi connectivity index (χ4n) is 3.04. The van der Waals surface area contributed by atoms with Crippen LogP contribution in [-0.4, -0.2) is 40.7 Å². The molecule has 3 aromatic heterocycles. The highest BCUT2D eigenvalue weighted by molar-refractivity contribution is 6.31. The van der Waals surface area contributed by atoms with Crippen LogP contribution in [0.25, 0.3) is 11.4 Å². The molecule has 0 spiro atoms. The first-order chi connectivity index (χ1) is 16.1. The molecule has 34 heavy (non-hydrogen) atoms. The molecule has 1 N–H and O–H groups in total. The zero-order valence-corrected chi connectivity index (χ0v) is 19.8. The second-order valence-electron chi connectivity index (χ2n) is 8.63. The zero-order chi connectivity index (χ0) is 24.5. The van der Waals surface area contributed by atoms with E-state index in [1.54, 1.807) is 30.1 Å². The molecule has 0 aliphatic carbocycles. The van der Waals surface area contributed by atoms with Gasteiger partial charge in [0.25, 0.3) is 0 Å². The lowest BCUT2D eigenvalue weighted by Crippen LogP contribution is -2.12. The van der Waals surface area contributed by atoms with Crippen molar-refractivity contribution in [3.63, 3.8) is 0 Å². The highest BCUT2D eigenvalue weighted by atomic mass is 35.5. The van der Waals surface area contributed by atoms with Crippen molar-refractivity contribution in [3.05, 3.63) is 58.8 Å². The van der Waals surface area contributed by atoms with Crippen molar-refractivity contribution in [1.82, 2.24) is 34.9 Å². The molecule has 4 rings (SSSR count). The quantitative estimate of drug-likeness (QED) is 0.382. The van der Waals surface area contributed by atoms with Crippen LogP contribution in [-0.2, 0) is 18.9 Å². The lowest BCUT2D eigenvalue weighted by Gasteiger charge is -2.10. The van der Waals surface area contributed by atoms with Crippen LogP contribution in [0.5, 0.6) is 0 Å². The minimum absolute atomic E-state index is 0.00346. The fraction of sp³-hybridized carbons (Fsp3) is 0.318. The Morgan fingerprint density at radius 3 is 2.68 bits per heavy atom. The summed E-state index contributed by atoms with van der Waals surface area (Å²) < 4.78 is 21.9. The van der Waals surface area contributed by atoms with Crippen LogP contribution in [0.3, 0.4) is 0 Å². The molecule has 3 heterocycles. The van der Waals surface area contributed by atoms with Gasteiger partial charge in [0, 0.05) is 31.1 Å². The lowest BCUT2D eigenvalue weighted by molar-refractivity contribution is 0.0970. The Balaban J connectivity index is 1.48. The fourth-order valence-corrected chi connectivity index (χ4v) is 3.30. The molecule has 0 radical (unpaired) electrons. The average Bonchev–Trinajstić information content (AvgIpc) is 3.44. The number of aromatic nitrogens is 7. The summed E-state index contributed by atoms with van der Waals surface area (Å²) in [6.07, 6.45) is 3.28. The monoisotopic (exact) mass is 484 g/mol. The summed E-state index contributed by atoms with van der Waals surface area (Å²) in [5, 5.41) is 10.8. The van der Waals surface area contributed by atoms with Crippen molar-refractivity contribution in [2.75, 3.05) is 5.32 Å². The van der Waals surface area contributed by atoms with Crippen molar-refractivity contribution in [3.8, 4) is 11.4 Å². The normalized spacial score (nSPS) is 11.6. The van der Waals surface area contributed by atoms with Gasteiger partial charge in [-0.15, -0.1) is 0 Å². The van der Waals surface area contributed by atoms with E-state index in [9.17, 15) is 4.79 Å². The molecule has 4 aromatic rings. The number of hydrogen-bond acceptors (Lipinski definition) is 9. The van der Waals surface area contributed by atoms with E-state index in [0.29, 0.717) is 17.3 Å². The second kappa shape index (κ2) is 9.26. The summed E-state index contributed by atoms with van der Waals surface area (Å²) in [5.74, 6) is 0.225. The molecule has 0 fully saturated rings. The molecule has 176 valence electrons. The molecular formula is C22H22ClFN8O2. The first-order valence-corrected chi connectivity index (χ1v) is 10.8. The number of ketones is 1. The van der Waals surface area contributed by atoms with Gasteiger partial charge in [0.1, 0.15) is 6.33 Å². The Labute approximate surface area is 199 Å². The van der Waals surface area contributed by atoms with Crippen molar-refractivity contribution < 1.29 is 13.7 Å². The SMILES string of the molecule is Cn1ccc(Nc2ncnc(-c3ccc(CCC(=O)c4noc(C(C)(C)C)n4)c(Cl)c3F)n2)n1. The van der Waals surface area contributed by atoms with E-state index in [0.717, 1.165) is 0 Å². The number of hydrogen-bond donors (Lipinski definition) is 1. The lowest BCUT2D eigenvalue weighted by atomic mass is 9.97. The van der Waals surface area contributed by atoms with Crippen molar-refractivity contribution in [1.29, 1.82) is 0 Å². The van der Waals surface area contributed by atoms with E-state index in [1.165, 1.54) is 12.4 Å². The van der Waals surface area contributed by atoms with Gasteiger partial charge in [-0.3, -0.25) is 9.48 Å². The third-order valence-corrected chi connectivity index (χ3v) is 5.28. The number of Topliss-reactive ketones (excluding diaryl/α,β-unsaturated/α-hetero) is 1. The predicted molar refractivity (Wildman–Crippen MR) is 122 cm³/mol. The molecule has 0 aliphatic rings. The molecule has 12 heteroatoms. The molecule has 0 aliphatic heterocycles. The molecule has 0 saturated carbocycles. The van der Waals surface area contributed by atoms with E-state index in [2.05, 4.69) is 35.5 Å². The van der Waals surface area contributed by atoms with Gasteiger partial charge in [0.05, 0.1) is 10.6 Å². The molecular weight excluding hydrogens is 463 g/mol. The summed E-state index contributed by atoms with van der Waals surface area (Å²) in [4.78, 5) is 29.0. The van der Waals surface area contributed by atoms with E-state index in [-0.39, 0.29) is 52.2 Å². The van der Waals surface area contributed by atoms with Crippen LogP contribution in [0.15, 0.2) is 35.2 Å². The molecule has 1 aromatic carbocycles. The maximum atomic E-state index is 15.1. The van der Waals surface area contributed by atoms with Gasteiger partial charge in [-0.1, -0.05) is 43.6 Å². The predicted octanol–water partition coefficient (Wildman–Crippen LogP) is 4.30. The molecule has 0 saturated heterocycles. The molecule has 0 atom stereocenters. The van der Waals surface area contributed by atoms with Crippen LogP contribution in [0, 0.1) is 5.82 Å². The van der Waals surface area contributed by atoms with Crippen LogP contribution in [0.2, 0.25) is 5.02 Å². The maximum absolute atomic E-state index is 15.1. The van der Waals surface area contributed by atoms with E-state index < -0.39 is 5.82 Å². The summed E-state index contributed by atoms with van der Waals surface area (Å²) in [6, 6.07) is 4.91. The van der Waals surface area contributed by atoms with E-state index >= 15 is 4.39 Å². The van der Waals surface area contributed by atoms with Gasteiger partial charge in [-0.05, 0) is 18.1 Å². The van der Waals surface area contributed by atoms with Gasteiger partial charge >= 0.3 is 0 Å². The molecule has 0 bridgehead atoms. The van der Waals surface area contributed by atoms with Crippen LogP contribution < -0.4 is 5.32 Å². The van der Waals surface area contributed by atoms with E-state index in [1.807, 2.05) is 20.8 Å². The Kier molecular flexibility index (Phi) is 6.38. The third-order valence-electron chi connectivity index (χ3n) is 4.87. The highest BCUT2D eigenvalue weighted by Gasteiger charge is 2.24. The molecule has 10 nitrogen and oxygen atoms in total. The summed E-state index contributed by atoms with van der Waals surface area (Å²) in [6.45, 7) is 5.72. The second-order valence-corrected chi connectivity index (χ2v) is 9.01. The van der Waals surface area contributed by atoms with E-state index in [4.69, 9.17) is 16.1 Å². The Bertz CT molecular complexity index is 1340. The van der Waals surface area contributed by atoms with Gasteiger partial charge in [-0.25, -0.2) is 14.4 Å². The maximum Gasteiger partial charge on any atom is 0.238 e. The first kappa shape index (κ1) is 23.4. The average molecular weight is 485 g/mol. The summed E-state index contributed by atoms with van der Waals surface area (Å²) >= 11 is 6.28. The number of carbonyl (C=O) groups excluding carboxylic acids is 1. The number of halogens is 2. The molecule has 0 unspecified atom stereocenters. The van der Waals surface area contributed by atoms with Crippen LogP contribution in [0.4, 0.5) is 16.2 Å². The summed E-state index contributed by atoms with van der Waals surface area (Å²) in [7, 11) is 1.78. The first-order valence-electron chi connectivity index (χ1n) is 10.4. The summed E-state index contributed by atoms with van der Waals surface area (Å²) in [5.41, 5.74) is 0.215. The van der Waals surface area contributed by atoms with Gasteiger partial charge in [-0.2, -0.15) is 15.1 Å². The Morgan fingerprint density at radius 2 is 2.00 bits per heavy atom. The number of carbonyl (C=O) groups is 1. The van der Waals surface area contributed by atoms with Crippen LogP contribution >= 0.6 is 11.6 Å². The third kappa shape index (κ3) is 5.09. The Morgan fingerprint density at radius 1 is 1.21 bits per heavy atom. The number of rotatable bonds is 7. The van der Waals surface area contributed by atoms with Gasteiger partial charge in [0.2, 0.25) is 23.4 Å². The van der Waals surface area contributed by atoms with Crippen molar-refractivity contribution in [2.24, 2.45) is 7.05 Å². The largest absolute Gasteiger partial charge is 0.338 e. The highest BCUT2D eigenvalue weighted by Crippen LogP contribution is 2.30. The van der Waals surface area contributed by atoms with Crippen LogP contribution in [0.1, 0.15) is 49.3 Å². The number of nitrogens with zero attached hydrogens (tertiary/aromatic N) is 7. The number of nitrogens with one attached hydrogen (secondary N) is 1. The number of aryl methyl sites for hydroxylation is 2. The molecule has 0 amide bonds. The minimum Gasteiger partial charge on any atom is -0.338 e. The standard InChI is InChI=1S/C22H22ClFN8O2/c1-22(2,3)20-28-19(31-34-20)14(33)8-6-12-5-7-13(17(24)16(12)23)18-25-11-26-21(29-18)27-15-9-10-32(4)30-15/h5,7,9-11H,6,8H2,1-4H3,(H,25,26,27,29,30). The number of anilines is 2. The number of benzene rings is 1. The van der Waals surface area contributed by atoms with Crippen molar-refractivity contribution >= 4 is 29.2 Å². The smallest absolute Gasteiger partial charge is 0.238 e. The van der Waals surface area contributed by atoms with Crippen molar-refractivity contribution in [2.45, 2.75) is 39.0 Å². The van der Waals surface area contributed by atoms with Gasteiger partial charge in [0.15, 0.2) is 17.5 Å².